The summed E-state index contributed by atoms with van der Waals surface area (Å²) in [6.45, 7) is 2.41. The molecule has 2 N–H and O–H groups in total. The van der Waals surface area contributed by atoms with E-state index in [9.17, 15) is 0 Å². The Hall–Kier alpha value is -1.13. The van der Waals surface area contributed by atoms with Crippen molar-refractivity contribution < 1.29 is 4.42 Å². The molecule has 0 fully saturated rings. The average Bonchev–Trinajstić information content (AvgIpc) is 2.71. The number of nitrogens with two attached hydrogens (primary N) is 1. The predicted octanol–water partition coefficient (Wildman–Crippen LogP) is 2.17. The standard InChI is InChI=1S/C9H10N2OS/c1-6-11-8(5-13-6)9-3-2-7(4-10)12-9/h2-3,5H,4,10H2,1H3. The third-order valence-corrected chi connectivity index (χ3v) is 2.51. The van der Waals surface area contributed by atoms with Gasteiger partial charge in [0.15, 0.2) is 5.76 Å². The van der Waals surface area contributed by atoms with Crippen LogP contribution in [-0.4, -0.2) is 4.98 Å². The summed E-state index contributed by atoms with van der Waals surface area (Å²) in [7, 11) is 0. The molecule has 2 rings (SSSR count). The Labute approximate surface area is 80.2 Å². The summed E-state index contributed by atoms with van der Waals surface area (Å²) in [5, 5.41) is 3.02. The van der Waals surface area contributed by atoms with Crippen LogP contribution in [0.15, 0.2) is 21.9 Å². The maximum atomic E-state index is 5.45. The fraction of sp³-hybridized carbons (Fsp3) is 0.222. The van der Waals surface area contributed by atoms with Crippen molar-refractivity contribution >= 4 is 11.3 Å². The molecule has 2 heterocycles. The molecule has 0 aliphatic carbocycles. The van der Waals surface area contributed by atoms with Gasteiger partial charge in [-0.15, -0.1) is 11.3 Å². The first kappa shape index (κ1) is 8.47. The summed E-state index contributed by atoms with van der Waals surface area (Å²) >= 11 is 1.61. The average molecular weight is 194 g/mol. The Morgan fingerprint density at radius 1 is 1.54 bits per heavy atom. The van der Waals surface area contributed by atoms with Crippen LogP contribution in [-0.2, 0) is 6.54 Å². The second-order valence-electron chi connectivity index (χ2n) is 2.72. The molecule has 0 aliphatic heterocycles. The molecule has 0 atom stereocenters. The highest BCUT2D eigenvalue weighted by Crippen LogP contribution is 2.23. The predicted molar refractivity (Wildman–Crippen MR) is 52.4 cm³/mol. The smallest absolute Gasteiger partial charge is 0.153 e. The van der Waals surface area contributed by atoms with Crippen molar-refractivity contribution in [2.75, 3.05) is 0 Å². The first-order valence-corrected chi connectivity index (χ1v) is 4.89. The lowest BCUT2D eigenvalue weighted by molar-refractivity contribution is 0.524. The van der Waals surface area contributed by atoms with Crippen LogP contribution in [0.2, 0.25) is 0 Å². The molecule has 0 amide bonds. The molecule has 0 saturated carbocycles. The van der Waals surface area contributed by atoms with E-state index in [0.717, 1.165) is 22.2 Å². The summed E-state index contributed by atoms with van der Waals surface area (Å²) in [6.07, 6.45) is 0. The van der Waals surface area contributed by atoms with Gasteiger partial charge in [-0.3, -0.25) is 0 Å². The van der Waals surface area contributed by atoms with Crippen LogP contribution < -0.4 is 5.73 Å². The Morgan fingerprint density at radius 3 is 2.92 bits per heavy atom. The Balaban J connectivity index is 2.35. The molecule has 13 heavy (non-hydrogen) atoms. The van der Waals surface area contributed by atoms with Gasteiger partial charge in [-0.1, -0.05) is 0 Å². The fourth-order valence-electron chi connectivity index (χ4n) is 1.10. The minimum atomic E-state index is 0.434. The van der Waals surface area contributed by atoms with Crippen molar-refractivity contribution in [3.8, 4) is 11.5 Å². The van der Waals surface area contributed by atoms with Gasteiger partial charge in [0.1, 0.15) is 11.5 Å². The largest absolute Gasteiger partial charge is 0.458 e. The van der Waals surface area contributed by atoms with Gasteiger partial charge in [0, 0.05) is 5.38 Å². The van der Waals surface area contributed by atoms with Crippen LogP contribution in [0.25, 0.3) is 11.5 Å². The van der Waals surface area contributed by atoms with Crippen molar-refractivity contribution in [1.82, 2.24) is 4.98 Å². The van der Waals surface area contributed by atoms with Crippen LogP contribution >= 0.6 is 11.3 Å². The summed E-state index contributed by atoms with van der Waals surface area (Å²) in [6, 6.07) is 3.78. The van der Waals surface area contributed by atoms with E-state index in [0.29, 0.717) is 6.54 Å². The molecular weight excluding hydrogens is 184 g/mol. The van der Waals surface area contributed by atoms with E-state index in [4.69, 9.17) is 10.2 Å². The Kier molecular flexibility index (Phi) is 2.16. The number of hydrogen-bond donors (Lipinski definition) is 1. The molecule has 0 radical (unpaired) electrons. The van der Waals surface area contributed by atoms with Gasteiger partial charge in [0.05, 0.1) is 11.6 Å². The fourth-order valence-corrected chi connectivity index (χ4v) is 1.70. The number of thiazole rings is 1. The highest BCUT2D eigenvalue weighted by molar-refractivity contribution is 7.09. The van der Waals surface area contributed by atoms with E-state index < -0.39 is 0 Å². The van der Waals surface area contributed by atoms with Crippen molar-refractivity contribution in [1.29, 1.82) is 0 Å². The molecule has 0 aliphatic rings. The number of rotatable bonds is 2. The zero-order chi connectivity index (χ0) is 9.26. The van der Waals surface area contributed by atoms with E-state index in [1.54, 1.807) is 11.3 Å². The highest BCUT2D eigenvalue weighted by Gasteiger charge is 2.06. The van der Waals surface area contributed by atoms with Crippen LogP contribution in [0, 0.1) is 6.92 Å². The molecule has 0 saturated heterocycles. The van der Waals surface area contributed by atoms with Gasteiger partial charge in [0.25, 0.3) is 0 Å². The lowest BCUT2D eigenvalue weighted by atomic mass is 10.3. The molecule has 3 nitrogen and oxygen atoms in total. The molecule has 68 valence electrons. The third kappa shape index (κ3) is 1.64. The van der Waals surface area contributed by atoms with E-state index in [-0.39, 0.29) is 0 Å². The second kappa shape index (κ2) is 3.32. The van der Waals surface area contributed by atoms with Crippen LogP contribution in [0.5, 0.6) is 0 Å². The zero-order valence-electron chi connectivity index (χ0n) is 7.28. The monoisotopic (exact) mass is 194 g/mol. The first-order valence-electron chi connectivity index (χ1n) is 4.01. The molecule has 0 aromatic carbocycles. The second-order valence-corrected chi connectivity index (χ2v) is 3.78. The number of aromatic nitrogens is 1. The van der Waals surface area contributed by atoms with E-state index >= 15 is 0 Å². The minimum absolute atomic E-state index is 0.434. The lowest BCUT2D eigenvalue weighted by Gasteiger charge is -1.89. The van der Waals surface area contributed by atoms with E-state index in [2.05, 4.69) is 4.98 Å². The summed E-state index contributed by atoms with van der Waals surface area (Å²) < 4.78 is 5.45. The maximum Gasteiger partial charge on any atom is 0.153 e. The number of hydrogen-bond acceptors (Lipinski definition) is 4. The van der Waals surface area contributed by atoms with Gasteiger partial charge in [-0.2, -0.15) is 0 Å². The Bertz CT molecular complexity index is 405. The molecule has 2 aromatic rings. The molecule has 0 bridgehead atoms. The Morgan fingerprint density at radius 2 is 2.38 bits per heavy atom. The first-order chi connectivity index (χ1) is 6.29. The molecule has 0 spiro atoms. The van der Waals surface area contributed by atoms with Gasteiger partial charge < -0.3 is 10.2 Å². The van der Waals surface area contributed by atoms with E-state index in [1.165, 1.54) is 0 Å². The lowest BCUT2D eigenvalue weighted by Crippen LogP contribution is -1.92. The van der Waals surface area contributed by atoms with Crippen LogP contribution in [0.4, 0.5) is 0 Å². The van der Waals surface area contributed by atoms with Gasteiger partial charge in [-0.05, 0) is 19.1 Å². The van der Waals surface area contributed by atoms with Crippen molar-refractivity contribution in [2.45, 2.75) is 13.5 Å². The summed E-state index contributed by atoms with van der Waals surface area (Å²) in [5.74, 6) is 1.59. The zero-order valence-corrected chi connectivity index (χ0v) is 8.10. The molecular formula is C9H10N2OS. The van der Waals surface area contributed by atoms with Crippen molar-refractivity contribution in [3.05, 3.63) is 28.3 Å². The third-order valence-electron chi connectivity index (χ3n) is 1.73. The van der Waals surface area contributed by atoms with Gasteiger partial charge in [0.2, 0.25) is 0 Å². The summed E-state index contributed by atoms with van der Waals surface area (Å²) in [5.41, 5.74) is 6.33. The maximum absolute atomic E-state index is 5.45. The number of furan rings is 1. The van der Waals surface area contributed by atoms with Crippen LogP contribution in [0.3, 0.4) is 0 Å². The van der Waals surface area contributed by atoms with Gasteiger partial charge >= 0.3 is 0 Å². The molecule has 4 heteroatoms. The SMILES string of the molecule is Cc1nc(-c2ccc(CN)o2)cs1. The minimum Gasteiger partial charge on any atom is -0.458 e. The van der Waals surface area contributed by atoms with E-state index in [1.807, 2.05) is 24.4 Å². The molecule has 2 aromatic heterocycles. The topological polar surface area (TPSA) is 52.0 Å². The normalized spacial score (nSPS) is 10.6. The number of nitrogens with zero attached hydrogens (tertiary/aromatic N) is 1. The van der Waals surface area contributed by atoms with Gasteiger partial charge in [-0.25, -0.2) is 4.98 Å². The highest BCUT2D eigenvalue weighted by atomic mass is 32.1. The van der Waals surface area contributed by atoms with Crippen molar-refractivity contribution in [3.63, 3.8) is 0 Å². The quantitative estimate of drug-likeness (QED) is 0.797. The molecule has 0 unspecified atom stereocenters. The summed E-state index contributed by atoms with van der Waals surface area (Å²) in [4.78, 5) is 4.31. The van der Waals surface area contributed by atoms with Crippen molar-refractivity contribution in [2.24, 2.45) is 5.73 Å². The number of aryl methyl sites for hydroxylation is 1. The van der Waals surface area contributed by atoms with Crippen LogP contribution in [0.1, 0.15) is 10.8 Å².